The van der Waals surface area contributed by atoms with E-state index in [4.69, 9.17) is 4.74 Å². The van der Waals surface area contributed by atoms with Gasteiger partial charge >= 0.3 is 5.16 Å². The highest BCUT2D eigenvalue weighted by Crippen LogP contribution is 2.31. The van der Waals surface area contributed by atoms with Gasteiger partial charge in [0, 0.05) is 0 Å². The predicted molar refractivity (Wildman–Crippen MR) is 56.2 cm³/mol. The maximum Gasteiger partial charge on any atom is 0.320 e. The molecule has 2 rings (SSSR count). The first-order valence-electron chi connectivity index (χ1n) is 5.13. The summed E-state index contributed by atoms with van der Waals surface area (Å²) in [4.78, 5) is 0. The lowest BCUT2D eigenvalue weighted by Gasteiger charge is -2.07. The number of thioether (sulfide) groups is 1. The van der Waals surface area contributed by atoms with E-state index in [2.05, 4.69) is 35.5 Å². The van der Waals surface area contributed by atoms with E-state index in [0.717, 1.165) is 18.8 Å². The minimum Gasteiger partial charge on any atom is -1.00 e. The number of rotatable bonds is 4. The Balaban J connectivity index is 0.00000112. The molecule has 1 aromatic rings. The van der Waals surface area contributed by atoms with Gasteiger partial charge in [-0.2, -0.15) is 4.57 Å². The second kappa shape index (κ2) is 5.77. The van der Waals surface area contributed by atoms with Gasteiger partial charge in [0.1, 0.15) is 12.4 Å². The molecule has 0 saturated carbocycles. The van der Waals surface area contributed by atoms with E-state index in [0.29, 0.717) is 0 Å². The summed E-state index contributed by atoms with van der Waals surface area (Å²) in [6, 6.07) is 0. The third-order valence-corrected chi connectivity index (χ3v) is 3.66. The Morgan fingerprint density at radius 3 is 3.20 bits per heavy atom. The van der Waals surface area contributed by atoms with Gasteiger partial charge in [0.25, 0.3) is 0 Å². The molecule has 1 unspecified atom stereocenters. The van der Waals surface area contributed by atoms with Crippen LogP contribution >= 0.6 is 11.8 Å². The molecule has 5 heteroatoms. The Labute approximate surface area is 101 Å². The summed E-state index contributed by atoms with van der Waals surface area (Å²) in [5.74, 6) is 1.05. The summed E-state index contributed by atoms with van der Waals surface area (Å²) in [6.07, 6.45) is 6.79. The first-order chi connectivity index (χ1) is 6.83. The molecule has 0 aliphatic carbocycles. The standard InChI is InChI=1S/C10H17N2OS.ClH/c1-3-4-7-13-9-8-14-10-11(2)5-6-12(9)10;/h5-6,9H,3-4,7-8H2,1-2H3;1H/q+1;/p-1. The van der Waals surface area contributed by atoms with Gasteiger partial charge in [-0.15, -0.1) is 0 Å². The van der Waals surface area contributed by atoms with Crippen LogP contribution in [0.1, 0.15) is 26.0 Å². The van der Waals surface area contributed by atoms with Gasteiger partial charge in [-0.25, -0.2) is 4.57 Å². The Bertz CT molecular complexity index is 316. The molecule has 0 amide bonds. The normalized spacial score (nSPS) is 18.7. The monoisotopic (exact) mass is 248 g/mol. The van der Waals surface area contributed by atoms with Gasteiger partial charge in [-0.3, -0.25) is 0 Å². The summed E-state index contributed by atoms with van der Waals surface area (Å²) < 4.78 is 10.2. The Kier molecular flexibility index (Phi) is 4.96. The number of hydrogen-bond acceptors (Lipinski definition) is 2. The number of hydrogen-bond donors (Lipinski definition) is 0. The van der Waals surface area contributed by atoms with Crippen molar-refractivity contribution in [3.05, 3.63) is 12.4 Å². The molecule has 0 saturated heterocycles. The lowest BCUT2D eigenvalue weighted by atomic mass is 10.4. The van der Waals surface area contributed by atoms with Gasteiger partial charge in [-0.05, 0) is 18.2 Å². The fourth-order valence-corrected chi connectivity index (χ4v) is 2.74. The van der Waals surface area contributed by atoms with Crippen molar-refractivity contribution in [1.29, 1.82) is 0 Å². The molecule has 1 aromatic heterocycles. The number of nitrogens with zero attached hydrogens (tertiary/aromatic N) is 2. The summed E-state index contributed by atoms with van der Waals surface area (Å²) in [5.41, 5.74) is 0. The first kappa shape index (κ1) is 12.9. The van der Waals surface area contributed by atoms with Gasteiger partial charge in [0.2, 0.25) is 6.23 Å². The second-order valence-corrected chi connectivity index (χ2v) is 4.58. The number of ether oxygens (including phenoxy) is 1. The smallest absolute Gasteiger partial charge is 0.320 e. The fraction of sp³-hybridized carbons (Fsp3) is 0.700. The molecule has 0 N–H and O–H groups in total. The van der Waals surface area contributed by atoms with Crippen molar-refractivity contribution >= 4 is 11.8 Å². The quantitative estimate of drug-likeness (QED) is 0.489. The first-order valence-corrected chi connectivity index (χ1v) is 6.12. The van der Waals surface area contributed by atoms with Crippen LogP contribution in [0.3, 0.4) is 0 Å². The average Bonchev–Trinajstić information content (AvgIpc) is 2.72. The lowest BCUT2D eigenvalue weighted by Crippen LogP contribution is -3.00. The van der Waals surface area contributed by atoms with Gasteiger partial charge in [0.05, 0.1) is 19.4 Å². The third-order valence-electron chi connectivity index (χ3n) is 2.45. The van der Waals surface area contributed by atoms with E-state index in [1.54, 1.807) is 0 Å². The maximum atomic E-state index is 5.81. The zero-order chi connectivity index (χ0) is 9.97. The molecule has 0 radical (unpaired) electrons. The van der Waals surface area contributed by atoms with Crippen LogP contribution in [0.25, 0.3) is 0 Å². The molecule has 1 aliphatic rings. The number of fused-ring (bicyclic) bond motifs is 1. The molecule has 1 atom stereocenters. The van der Waals surface area contributed by atoms with E-state index in [9.17, 15) is 0 Å². The largest absolute Gasteiger partial charge is 1.00 e. The molecular weight excluding hydrogens is 232 g/mol. The summed E-state index contributed by atoms with van der Waals surface area (Å²) in [6.45, 7) is 3.07. The SMILES string of the molecule is CCCCOC1CSc2n1cc[n+]2C.[Cl-]. The number of unbranched alkanes of at least 4 members (excludes halogenated alkanes) is 1. The molecule has 0 fully saturated rings. The summed E-state index contributed by atoms with van der Waals surface area (Å²) in [5, 5.41) is 1.30. The molecule has 2 heterocycles. The number of halogens is 1. The van der Waals surface area contributed by atoms with Crippen LogP contribution in [0.4, 0.5) is 0 Å². The average molecular weight is 249 g/mol. The topological polar surface area (TPSA) is 18.0 Å². The van der Waals surface area contributed by atoms with E-state index in [1.807, 2.05) is 11.8 Å². The molecule has 0 aromatic carbocycles. The van der Waals surface area contributed by atoms with E-state index in [1.165, 1.54) is 11.6 Å². The van der Waals surface area contributed by atoms with Crippen molar-refractivity contribution in [2.24, 2.45) is 7.05 Å². The van der Waals surface area contributed by atoms with E-state index in [-0.39, 0.29) is 18.6 Å². The van der Waals surface area contributed by atoms with Crippen LogP contribution in [0.15, 0.2) is 17.6 Å². The molecule has 0 spiro atoms. The zero-order valence-corrected chi connectivity index (χ0v) is 10.7. The van der Waals surface area contributed by atoms with Crippen LogP contribution in [0.2, 0.25) is 0 Å². The molecule has 86 valence electrons. The number of aryl methyl sites for hydroxylation is 1. The Morgan fingerprint density at radius 2 is 2.47 bits per heavy atom. The van der Waals surface area contributed by atoms with Gasteiger partial charge in [0.15, 0.2) is 0 Å². The van der Waals surface area contributed by atoms with Crippen molar-refractivity contribution in [3.8, 4) is 0 Å². The number of aromatic nitrogens is 2. The van der Waals surface area contributed by atoms with Crippen LogP contribution in [0, 0.1) is 0 Å². The molecule has 0 bridgehead atoms. The van der Waals surface area contributed by atoms with Crippen LogP contribution < -0.4 is 17.0 Å². The fourth-order valence-electron chi connectivity index (χ4n) is 1.60. The van der Waals surface area contributed by atoms with Crippen LogP contribution in [-0.2, 0) is 11.8 Å². The van der Waals surface area contributed by atoms with Crippen LogP contribution in [0.5, 0.6) is 0 Å². The third kappa shape index (κ3) is 2.68. The van der Waals surface area contributed by atoms with Crippen molar-refractivity contribution < 1.29 is 21.7 Å². The van der Waals surface area contributed by atoms with Gasteiger partial charge < -0.3 is 17.1 Å². The Morgan fingerprint density at radius 1 is 1.67 bits per heavy atom. The van der Waals surface area contributed by atoms with E-state index >= 15 is 0 Å². The maximum absolute atomic E-state index is 5.81. The van der Waals surface area contributed by atoms with Crippen LogP contribution in [-0.4, -0.2) is 16.9 Å². The summed E-state index contributed by atoms with van der Waals surface area (Å²) in [7, 11) is 2.08. The highest BCUT2D eigenvalue weighted by Gasteiger charge is 2.31. The molecule has 1 aliphatic heterocycles. The predicted octanol–water partition coefficient (Wildman–Crippen LogP) is -1.26. The molecular formula is C10H17ClN2OS. The summed E-state index contributed by atoms with van der Waals surface area (Å²) >= 11 is 1.87. The van der Waals surface area contributed by atoms with Crippen molar-refractivity contribution in [1.82, 2.24) is 4.57 Å². The minimum atomic E-state index is 0. The van der Waals surface area contributed by atoms with Crippen molar-refractivity contribution in [2.45, 2.75) is 31.1 Å². The van der Waals surface area contributed by atoms with Crippen molar-refractivity contribution in [2.75, 3.05) is 12.4 Å². The zero-order valence-electron chi connectivity index (χ0n) is 9.15. The minimum absolute atomic E-state index is 0. The lowest BCUT2D eigenvalue weighted by molar-refractivity contribution is -0.709. The van der Waals surface area contributed by atoms with E-state index < -0.39 is 0 Å². The highest BCUT2D eigenvalue weighted by molar-refractivity contribution is 7.99. The van der Waals surface area contributed by atoms with Crippen molar-refractivity contribution in [3.63, 3.8) is 0 Å². The highest BCUT2D eigenvalue weighted by atomic mass is 35.5. The molecule has 15 heavy (non-hydrogen) atoms. The second-order valence-electron chi connectivity index (χ2n) is 3.59. The number of imidazole rings is 1. The van der Waals surface area contributed by atoms with Gasteiger partial charge in [-0.1, -0.05) is 13.3 Å². The molecule has 3 nitrogen and oxygen atoms in total. The Hall–Kier alpha value is -0.190.